The molecule has 2 saturated heterocycles. The van der Waals surface area contributed by atoms with E-state index in [1.165, 1.54) is 6.42 Å². The van der Waals surface area contributed by atoms with Gasteiger partial charge in [0.05, 0.1) is 12.3 Å². The number of nitrogens with zero attached hydrogens (tertiary/aromatic N) is 2. The second-order valence-corrected chi connectivity index (χ2v) is 8.85. The fourth-order valence-corrected chi connectivity index (χ4v) is 5.37. The summed E-state index contributed by atoms with van der Waals surface area (Å²) in [5, 5.41) is 9.98. The van der Waals surface area contributed by atoms with E-state index in [9.17, 15) is 9.59 Å². The van der Waals surface area contributed by atoms with Crippen molar-refractivity contribution >= 4 is 55.3 Å². The highest BCUT2D eigenvalue weighted by Gasteiger charge is 2.48. The largest absolute Gasteiger partial charge is 0.350 e. The zero-order valence-corrected chi connectivity index (χ0v) is 21.2. The van der Waals surface area contributed by atoms with Gasteiger partial charge in [-0.3, -0.25) is 9.59 Å². The first-order valence-corrected chi connectivity index (χ1v) is 11.3. The van der Waals surface area contributed by atoms with Crippen LogP contribution in [0.3, 0.4) is 0 Å². The van der Waals surface area contributed by atoms with Gasteiger partial charge in [0.1, 0.15) is 6.04 Å². The zero-order chi connectivity index (χ0) is 20.9. The highest BCUT2D eigenvalue weighted by Crippen LogP contribution is 2.40. The summed E-state index contributed by atoms with van der Waals surface area (Å²) in [5.41, 5.74) is 1.93. The number of carbonyl (C=O) groups is 2. The van der Waals surface area contributed by atoms with Gasteiger partial charge in [-0.1, -0.05) is 43.5 Å². The van der Waals surface area contributed by atoms with E-state index < -0.39 is 0 Å². The Balaban J connectivity index is 0.00000181. The summed E-state index contributed by atoms with van der Waals surface area (Å²) in [6.45, 7) is 1.34. The summed E-state index contributed by atoms with van der Waals surface area (Å²) in [7, 11) is 0. The molecule has 1 aromatic carbocycles. The second-order valence-electron chi connectivity index (χ2n) is 8.85. The Morgan fingerprint density at radius 2 is 1.76 bits per heavy atom. The van der Waals surface area contributed by atoms with Crippen molar-refractivity contribution in [2.45, 2.75) is 76.0 Å². The number of nitrogens with one attached hydrogen (secondary N) is 2. The van der Waals surface area contributed by atoms with E-state index in [1.807, 2.05) is 29.2 Å². The lowest BCUT2D eigenvalue weighted by atomic mass is 9.84. The molecule has 1 aliphatic carbocycles. The van der Waals surface area contributed by atoms with E-state index in [-0.39, 0.29) is 67.2 Å². The number of piperidine rings is 1. The maximum atomic E-state index is 13.4. The van der Waals surface area contributed by atoms with Crippen molar-refractivity contribution in [1.29, 1.82) is 0 Å². The number of rotatable bonds is 5. The van der Waals surface area contributed by atoms with Crippen LogP contribution in [-0.4, -0.2) is 47.6 Å². The van der Waals surface area contributed by atoms with Gasteiger partial charge in [-0.2, -0.15) is 5.10 Å². The van der Waals surface area contributed by atoms with Crippen LogP contribution in [0.1, 0.15) is 62.5 Å². The third-order valence-electron chi connectivity index (χ3n) is 6.92. The molecule has 186 valence electrons. The van der Waals surface area contributed by atoms with Crippen LogP contribution in [0.15, 0.2) is 29.4 Å². The minimum absolute atomic E-state index is 0. The smallest absolute Gasteiger partial charge is 0.243 e. The van der Waals surface area contributed by atoms with Gasteiger partial charge in [0.15, 0.2) is 0 Å². The molecule has 1 aromatic rings. The highest BCUT2D eigenvalue weighted by atomic mass is 35.5. The Labute approximate surface area is 214 Å². The number of hydrogen-bond acceptors (Lipinski definition) is 5. The molecule has 4 atom stereocenters. The zero-order valence-electron chi connectivity index (χ0n) is 18.8. The molecule has 0 aromatic heterocycles. The first kappa shape index (κ1) is 29.5. The normalized spacial score (nSPS) is 26.4. The SMILES string of the molecule is Cl.Cl.Cl.NN=Cc1ccc(CNC(=O)C2CC3CCCCC3N2C(=O)[C@H]2CCCCN2)cc1. The molecule has 10 heteroatoms. The first-order valence-electron chi connectivity index (χ1n) is 11.3. The van der Waals surface area contributed by atoms with Crippen molar-refractivity contribution in [3.63, 3.8) is 0 Å². The lowest BCUT2D eigenvalue weighted by Crippen LogP contribution is -2.56. The van der Waals surface area contributed by atoms with Crippen molar-refractivity contribution < 1.29 is 9.59 Å². The molecule has 7 nitrogen and oxygen atoms in total. The van der Waals surface area contributed by atoms with Crippen molar-refractivity contribution in [2.75, 3.05) is 6.54 Å². The van der Waals surface area contributed by atoms with Gasteiger partial charge >= 0.3 is 0 Å². The summed E-state index contributed by atoms with van der Waals surface area (Å²) in [4.78, 5) is 28.5. The van der Waals surface area contributed by atoms with Crippen LogP contribution in [0.4, 0.5) is 0 Å². The van der Waals surface area contributed by atoms with E-state index in [0.29, 0.717) is 12.5 Å². The Bertz CT molecular complexity index is 787. The topological polar surface area (TPSA) is 99.8 Å². The van der Waals surface area contributed by atoms with Crippen LogP contribution >= 0.6 is 37.2 Å². The van der Waals surface area contributed by atoms with Crippen LogP contribution in [0.5, 0.6) is 0 Å². The molecule has 4 N–H and O–H groups in total. The Hall–Kier alpha value is -1.54. The molecule has 4 rings (SSSR count). The molecule has 3 aliphatic rings. The maximum Gasteiger partial charge on any atom is 0.243 e. The van der Waals surface area contributed by atoms with E-state index in [2.05, 4.69) is 15.7 Å². The lowest BCUT2D eigenvalue weighted by molar-refractivity contribution is -0.143. The van der Waals surface area contributed by atoms with Gasteiger partial charge in [0, 0.05) is 12.6 Å². The van der Waals surface area contributed by atoms with Crippen LogP contribution in [-0.2, 0) is 16.1 Å². The van der Waals surface area contributed by atoms with Crippen LogP contribution in [0.2, 0.25) is 0 Å². The summed E-state index contributed by atoms with van der Waals surface area (Å²) in [6.07, 6.45) is 9.96. The number of carbonyl (C=O) groups excluding carboxylic acids is 2. The van der Waals surface area contributed by atoms with E-state index >= 15 is 0 Å². The monoisotopic (exact) mass is 519 g/mol. The van der Waals surface area contributed by atoms with Crippen molar-refractivity contribution in [3.8, 4) is 0 Å². The Morgan fingerprint density at radius 1 is 1.06 bits per heavy atom. The van der Waals surface area contributed by atoms with Crippen LogP contribution in [0.25, 0.3) is 0 Å². The average Bonchev–Trinajstić information content (AvgIpc) is 3.18. The minimum atomic E-state index is -0.349. The van der Waals surface area contributed by atoms with Crippen molar-refractivity contribution in [3.05, 3.63) is 35.4 Å². The number of hydrazone groups is 1. The van der Waals surface area contributed by atoms with Crippen molar-refractivity contribution in [2.24, 2.45) is 16.9 Å². The van der Waals surface area contributed by atoms with Crippen LogP contribution in [0, 0.1) is 5.92 Å². The molecule has 33 heavy (non-hydrogen) atoms. The lowest BCUT2D eigenvalue weighted by Gasteiger charge is -2.37. The standard InChI is InChI=1S/C23H33N5O2.3ClH/c24-27-15-17-10-8-16(9-11-17)14-26-22(29)21-13-18-5-1-2-7-20(18)28(21)23(30)19-6-3-4-12-25-19;;;/h8-11,15,18-21,25H,1-7,12-14,24H2,(H,26,29);3*1H/t18?,19-,20?,21?;;;/m1.../s1. The quantitative estimate of drug-likeness (QED) is 0.315. The summed E-state index contributed by atoms with van der Waals surface area (Å²) in [6, 6.07) is 7.50. The molecule has 3 fully saturated rings. The number of hydrogen-bond donors (Lipinski definition) is 3. The molecule has 0 spiro atoms. The molecule has 1 saturated carbocycles. The number of likely N-dealkylation sites (tertiary alicyclic amines) is 1. The number of benzene rings is 1. The van der Waals surface area contributed by atoms with Gasteiger partial charge in [-0.05, 0) is 55.7 Å². The van der Waals surface area contributed by atoms with Crippen LogP contribution < -0.4 is 16.5 Å². The summed E-state index contributed by atoms with van der Waals surface area (Å²) in [5.74, 6) is 5.75. The van der Waals surface area contributed by atoms with Gasteiger partial charge in [0.2, 0.25) is 11.8 Å². The molecular weight excluding hydrogens is 485 g/mol. The van der Waals surface area contributed by atoms with Gasteiger partial charge in [-0.15, -0.1) is 37.2 Å². The van der Waals surface area contributed by atoms with Gasteiger partial charge in [0.25, 0.3) is 0 Å². The number of fused-ring (bicyclic) bond motifs is 1. The number of nitrogens with two attached hydrogens (primary N) is 1. The molecule has 2 amide bonds. The Morgan fingerprint density at radius 3 is 2.42 bits per heavy atom. The maximum absolute atomic E-state index is 13.4. The average molecular weight is 521 g/mol. The van der Waals surface area contributed by atoms with Gasteiger partial charge in [-0.25, -0.2) is 0 Å². The molecular formula is C23H36Cl3N5O2. The van der Waals surface area contributed by atoms with E-state index in [4.69, 9.17) is 5.84 Å². The molecule has 2 heterocycles. The van der Waals surface area contributed by atoms with E-state index in [0.717, 1.165) is 62.6 Å². The third kappa shape index (κ3) is 6.98. The molecule has 0 radical (unpaired) electrons. The molecule has 0 bridgehead atoms. The minimum Gasteiger partial charge on any atom is -0.350 e. The predicted molar refractivity (Wildman–Crippen MR) is 138 cm³/mol. The number of halogens is 3. The highest BCUT2D eigenvalue weighted by molar-refractivity contribution is 5.91. The first-order chi connectivity index (χ1) is 14.7. The summed E-state index contributed by atoms with van der Waals surface area (Å²) >= 11 is 0. The fraction of sp³-hybridized carbons (Fsp3) is 0.609. The van der Waals surface area contributed by atoms with Gasteiger partial charge < -0.3 is 21.4 Å². The second kappa shape index (κ2) is 14.0. The molecule has 3 unspecified atom stereocenters. The predicted octanol–water partition coefficient (Wildman–Crippen LogP) is 3.16. The summed E-state index contributed by atoms with van der Waals surface area (Å²) < 4.78 is 0. The van der Waals surface area contributed by atoms with E-state index in [1.54, 1.807) is 6.21 Å². The van der Waals surface area contributed by atoms with Crippen molar-refractivity contribution in [1.82, 2.24) is 15.5 Å². The number of amides is 2. The fourth-order valence-electron chi connectivity index (χ4n) is 5.37. The molecule has 2 aliphatic heterocycles. The third-order valence-corrected chi connectivity index (χ3v) is 6.92. The Kier molecular flexibility index (Phi) is 12.5.